The number of nitrogens with one attached hydrogen (secondary N) is 2. The van der Waals surface area contributed by atoms with Gasteiger partial charge in [-0.15, -0.1) is 0 Å². The van der Waals surface area contributed by atoms with Gasteiger partial charge in [-0.05, 0) is 43.5 Å². The molecule has 0 spiro atoms. The van der Waals surface area contributed by atoms with Crippen molar-refractivity contribution in [3.05, 3.63) is 40.7 Å². The van der Waals surface area contributed by atoms with Gasteiger partial charge in [0, 0.05) is 11.7 Å². The standard InChI is InChI=1S/C19H25N5O3/c1-2-3-12-27-16-10-8-15(9-11-16)23-19-17(24(25)26)18(20-13-21-19)22-14-6-4-5-7-14/h8-11,13-14H,2-7,12H2,1H3,(H2,20,21,22,23). The summed E-state index contributed by atoms with van der Waals surface area (Å²) in [4.78, 5) is 19.4. The van der Waals surface area contributed by atoms with Crippen molar-refractivity contribution in [2.45, 2.75) is 51.5 Å². The average Bonchev–Trinajstić information content (AvgIpc) is 3.16. The molecule has 3 rings (SSSR count). The molecule has 1 aliphatic carbocycles. The number of unbranched alkanes of at least 4 members (excludes halogenated alkanes) is 1. The quantitative estimate of drug-likeness (QED) is 0.375. The molecule has 0 bridgehead atoms. The Hall–Kier alpha value is -2.90. The molecule has 0 radical (unpaired) electrons. The fourth-order valence-corrected chi connectivity index (χ4v) is 3.12. The van der Waals surface area contributed by atoms with Crippen LogP contribution in [-0.2, 0) is 0 Å². The average molecular weight is 371 g/mol. The van der Waals surface area contributed by atoms with E-state index < -0.39 is 4.92 Å². The lowest BCUT2D eigenvalue weighted by Gasteiger charge is -2.14. The van der Waals surface area contributed by atoms with Crippen molar-refractivity contribution in [1.82, 2.24) is 9.97 Å². The first kappa shape index (κ1) is 18.9. The van der Waals surface area contributed by atoms with E-state index in [0.29, 0.717) is 12.3 Å². The molecule has 1 aromatic carbocycles. The third-order valence-electron chi connectivity index (χ3n) is 4.58. The Bertz CT molecular complexity index is 760. The van der Waals surface area contributed by atoms with Crippen LogP contribution in [0.2, 0.25) is 0 Å². The Labute approximate surface area is 158 Å². The normalized spacial score (nSPS) is 14.1. The van der Waals surface area contributed by atoms with Gasteiger partial charge in [0.25, 0.3) is 0 Å². The molecular weight excluding hydrogens is 346 g/mol. The van der Waals surface area contributed by atoms with Gasteiger partial charge in [-0.2, -0.15) is 0 Å². The van der Waals surface area contributed by atoms with Crippen LogP contribution in [0.25, 0.3) is 0 Å². The Morgan fingerprint density at radius 1 is 1.19 bits per heavy atom. The number of nitrogens with zero attached hydrogens (tertiary/aromatic N) is 3. The molecule has 2 N–H and O–H groups in total. The number of ether oxygens (including phenoxy) is 1. The number of rotatable bonds is 9. The summed E-state index contributed by atoms with van der Waals surface area (Å²) in [5.74, 6) is 1.22. The highest BCUT2D eigenvalue weighted by Gasteiger charge is 2.26. The Balaban J connectivity index is 1.74. The van der Waals surface area contributed by atoms with Crippen LogP contribution in [0.3, 0.4) is 0 Å². The SMILES string of the molecule is CCCCOc1ccc(Nc2ncnc(NC3CCCC3)c2[N+](=O)[O-])cc1. The highest BCUT2D eigenvalue weighted by molar-refractivity contribution is 5.74. The van der Waals surface area contributed by atoms with Crippen LogP contribution < -0.4 is 15.4 Å². The molecule has 1 heterocycles. The fraction of sp³-hybridized carbons (Fsp3) is 0.474. The summed E-state index contributed by atoms with van der Waals surface area (Å²) in [6.07, 6.45) is 7.70. The molecule has 1 aliphatic rings. The highest BCUT2D eigenvalue weighted by Crippen LogP contribution is 2.33. The summed E-state index contributed by atoms with van der Waals surface area (Å²) in [6, 6.07) is 7.53. The molecule has 1 saturated carbocycles. The van der Waals surface area contributed by atoms with Crippen molar-refractivity contribution in [2.75, 3.05) is 17.2 Å². The molecule has 144 valence electrons. The zero-order valence-corrected chi connectivity index (χ0v) is 15.5. The van der Waals surface area contributed by atoms with E-state index in [9.17, 15) is 10.1 Å². The maximum absolute atomic E-state index is 11.6. The molecule has 1 fully saturated rings. The van der Waals surface area contributed by atoms with Crippen LogP contribution in [0.15, 0.2) is 30.6 Å². The second-order valence-electron chi connectivity index (χ2n) is 6.65. The molecule has 27 heavy (non-hydrogen) atoms. The van der Waals surface area contributed by atoms with Gasteiger partial charge < -0.3 is 15.4 Å². The Morgan fingerprint density at radius 2 is 1.89 bits per heavy atom. The van der Waals surface area contributed by atoms with Crippen LogP contribution in [-0.4, -0.2) is 27.5 Å². The lowest BCUT2D eigenvalue weighted by molar-refractivity contribution is -0.383. The summed E-state index contributed by atoms with van der Waals surface area (Å²) in [5, 5.41) is 17.9. The third kappa shape index (κ3) is 5.06. The number of hydrogen-bond acceptors (Lipinski definition) is 7. The van der Waals surface area contributed by atoms with Crippen LogP contribution in [0, 0.1) is 10.1 Å². The van der Waals surface area contributed by atoms with E-state index in [1.54, 1.807) is 0 Å². The first-order chi connectivity index (χ1) is 13.2. The van der Waals surface area contributed by atoms with E-state index in [1.165, 1.54) is 6.33 Å². The fourth-order valence-electron chi connectivity index (χ4n) is 3.12. The Kier molecular flexibility index (Phi) is 6.40. The van der Waals surface area contributed by atoms with Gasteiger partial charge in [0.15, 0.2) is 0 Å². The maximum Gasteiger partial charge on any atom is 0.353 e. The topological polar surface area (TPSA) is 102 Å². The number of anilines is 3. The van der Waals surface area contributed by atoms with E-state index in [-0.39, 0.29) is 23.4 Å². The second kappa shape index (κ2) is 9.16. The van der Waals surface area contributed by atoms with Gasteiger partial charge in [-0.25, -0.2) is 9.97 Å². The maximum atomic E-state index is 11.6. The molecule has 8 nitrogen and oxygen atoms in total. The van der Waals surface area contributed by atoms with E-state index in [2.05, 4.69) is 27.5 Å². The van der Waals surface area contributed by atoms with Crippen molar-refractivity contribution in [3.63, 3.8) is 0 Å². The molecule has 0 amide bonds. The lowest BCUT2D eigenvalue weighted by atomic mass is 10.2. The first-order valence-electron chi connectivity index (χ1n) is 9.43. The largest absolute Gasteiger partial charge is 0.494 e. The predicted molar refractivity (Wildman–Crippen MR) is 105 cm³/mol. The smallest absolute Gasteiger partial charge is 0.353 e. The monoisotopic (exact) mass is 371 g/mol. The van der Waals surface area contributed by atoms with Crippen molar-refractivity contribution >= 4 is 23.0 Å². The molecular formula is C19H25N5O3. The number of hydrogen-bond donors (Lipinski definition) is 2. The number of nitro groups is 1. The molecule has 1 aromatic heterocycles. The Morgan fingerprint density at radius 3 is 2.56 bits per heavy atom. The van der Waals surface area contributed by atoms with E-state index in [4.69, 9.17) is 4.74 Å². The summed E-state index contributed by atoms with van der Waals surface area (Å²) >= 11 is 0. The van der Waals surface area contributed by atoms with Crippen molar-refractivity contribution in [3.8, 4) is 5.75 Å². The molecule has 0 aliphatic heterocycles. The van der Waals surface area contributed by atoms with Crippen LogP contribution in [0.1, 0.15) is 45.4 Å². The van der Waals surface area contributed by atoms with Crippen LogP contribution in [0.5, 0.6) is 5.75 Å². The molecule has 0 unspecified atom stereocenters. The predicted octanol–water partition coefficient (Wildman–Crippen LogP) is 4.66. The van der Waals surface area contributed by atoms with E-state index >= 15 is 0 Å². The third-order valence-corrected chi connectivity index (χ3v) is 4.58. The van der Waals surface area contributed by atoms with E-state index in [1.807, 2.05) is 24.3 Å². The van der Waals surface area contributed by atoms with E-state index in [0.717, 1.165) is 44.3 Å². The lowest BCUT2D eigenvalue weighted by Crippen LogP contribution is -2.17. The van der Waals surface area contributed by atoms with Crippen LogP contribution in [0.4, 0.5) is 23.0 Å². The molecule has 2 aromatic rings. The summed E-state index contributed by atoms with van der Waals surface area (Å²) in [7, 11) is 0. The molecule has 0 atom stereocenters. The summed E-state index contributed by atoms with van der Waals surface area (Å²) in [6.45, 7) is 2.79. The highest BCUT2D eigenvalue weighted by atomic mass is 16.6. The minimum atomic E-state index is -0.443. The van der Waals surface area contributed by atoms with Crippen molar-refractivity contribution in [2.24, 2.45) is 0 Å². The van der Waals surface area contributed by atoms with Gasteiger partial charge in [0.2, 0.25) is 11.6 Å². The molecule has 8 heteroatoms. The minimum absolute atomic E-state index is 0.132. The van der Waals surface area contributed by atoms with Crippen molar-refractivity contribution in [1.29, 1.82) is 0 Å². The number of aromatic nitrogens is 2. The zero-order chi connectivity index (χ0) is 19.1. The summed E-state index contributed by atoms with van der Waals surface area (Å²) in [5.41, 5.74) is 0.569. The minimum Gasteiger partial charge on any atom is -0.494 e. The van der Waals surface area contributed by atoms with Gasteiger partial charge in [0.05, 0.1) is 11.5 Å². The molecule has 0 saturated heterocycles. The summed E-state index contributed by atoms with van der Waals surface area (Å²) < 4.78 is 5.64. The van der Waals surface area contributed by atoms with Gasteiger partial charge in [-0.1, -0.05) is 26.2 Å². The van der Waals surface area contributed by atoms with Gasteiger partial charge in [-0.3, -0.25) is 10.1 Å². The van der Waals surface area contributed by atoms with Crippen molar-refractivity contribution < 1.29 is 9.66 Å². The second-order valence-corrected chi connectivity index (χ2v) is 6.65. The van der Waals surface area contributed by atoms with Gasteiger partial charge in [0.1, 0.15) is 12.1 Å². The first-order valence-corrected chi connectivity index (χ1v) is 9.43. The number of benzene rings is 1. The van der Waals surface area contributed by atoms with Gasteiger partial charge >= 0.3 is 5.69 Å². The zero-order valence-electron chi connectivity index (χ0n) is 15.5. The van der Waals surface area contributed by atoms with Crippen LogP contribution >= 0.6 is 0 Å².